The van der Waals surface area contributed by atoms with Gasteiger partial charge in [-0.05, 0) is 16.3 Å². The molecule has 6 nitrogen and oxygen atoms in total. The lowest BCUT2D eigenvalue weighted by molar-refractivity contribution is -0.0487. The first kappa shape index (κ1) is 16.2. The molecule has 0 aliphatic carbocycles. The highest BCUT2D eigenvalue weighted by molar-refractivity contribution is 5.85. The molecule has 2 aromatic carbocycles. The summed E-state index contributed by atoms with van der Waals surface area (Å²) in [6.45, 7) is 3.56. The van der Waals surface area contributed by atoms with Gasteiger partial charge >= 0.3 is 0 Å². The van der Waals surface area contributed by atoms with Crippen molar-refractivity contribution in [3.05, 3.63) is 60.4 Å². The number of nitrogens with zero attached hydrogens (tertiary/aromatic N) is 4. The summed E-state index contributed by atoms with van der Waals surface area (Å²) in [5.41, 5.74) is 0.984. The van der Waals surface area contributed by atoms with Crippen LogP contribution in [-0.2, 0) is 11.3 Å². The fourth-order valence-electron chi connectivity index (χ4n) is 3.48. The molecule has 6 heteroatoms. The zero-order valence-corrected chi connectivity index (χ0v) is 14.0. The van der Waals surface area contributed by atoms with E-state index in [1.807, 2.05) is 30.5 Å². The zero-order chi connectivity index (χ0) is 17.1. The quantitative estimate of drug-likeness (QED) is 0.769. The summed E-state index contributed by atoms with van der Waals surface area (Å²) in [6.07, 6.45) is 3.06. The van der Waals surface area contributed by atoms with Crippen LogP contribution < -0.4 is 0 Å². The predicted octanol–water partition coefficient (Wildman–Crippen LogP) is 1.87. The first-order valence-electron chi connectivity index (χ1n) is 8.63. The van der Waals surface area contributed by atoms with Crippen molar-refractivity contribution in [1.29, 1.82) is 0 Å². The average molecular weight is 338 g/mol. The Morgan fingerprint density at radius 1 is 1.20 bits per heavy atom. The lowest BCUT2D eigenvalue weighted by Gasteiger charge is -2.34. The Morgan fingerprint density at radius 3 is 2.96 bits per heavy atom. The van der Waals surface area contributed by atoms with Gasteiger partial charge in [0.25, 0.3) is 0 Å². The van der Waals surface area contributed by atoms with Crippen molar-refractivity contribution in [1.82, 2.24) is 19.9 Å². The highest BCUT2D eigenvalue weighted by Gasteiger charge is 2.24. The van der Waals surface area contributed by atoms with E-state index in [9.17, 15) is 5.11 Å². The van der Waals surface area contributed by atoms with Gasteiger partial charge in [0.2, 0.25) is 0 Å². The van der Waals surface area contributed by atoms with Crippen LogP contribution in [0.5, 0.6) is 0 Å². The molecule has 0 saturated carbocycles. The Labute approximate surface area is 146 Å². The molecule has 1 saturated heterocycles. The van der Waals surface area contributed by atoms with E-state index >= 15 is 0 Å². The van der Waals surface area contributed by atoms with E-state index in [1.54, 1.807) is 10.9 Å². The van der Waals surface area contributed by atoms with Crippen LogP contribution in [0.4, 0.5) is 0 Å². The van der Waals surface area contributed by atoms with Crippen LogP contribution in [0.2, 0.25) is 0 Å². The lowest BCUT2D eigenvalue weighted by atomic mass is 10.00. The van der Waals surface area contributed by atoms with E-state index in [4.69, 9.17) is 4.74 Å². The molecule has 1 aromatic heterocycles. The summed E-state index contributed by atoms with van der Waals surface area (Å²) in [5.74, 6) is 0. The first-order chi connectivity index (χ1) is 12.3. The highest BCUT2D eigenvalue weighted by atomic mass is 16.5. The molecule has 1 unspecified atom stereocenters. The van der Waals surface area contributed by atoms with Gasteiger partial charge in [-0.25, -0.2) is 4.68 Å². The summed E-state index contributed by atoms with van der Waals surface area (Å²) in [5, 5.41) is 20.9. The Kier molecular flexibility index (Phi) is 4.74. The number of rotatable bonds is 5. The van der Waals surface area contributed by atoms with Crippen LogP contribution in [-0.4, -0.2) is 57.3 Å². The van der Waals surface area contributed by atoms with Crippen LogP contribution in [0.1, 0.15) is 11.7 Å². The maximum atomic E-state index is 10.8. The van der Waals surface area contributed by atoms with Crippen molar-refractivity contribution < 1.29 is 9.84 Å². The summed E-state index contributed by atoms with van der Waals surface area (Å²) in [4.78, 5) is 2.26. The molecule has 0 spiro atoms. The second kappa shape index (κ2) is 7.31. The van der Waals surface area contributed by atoms with Gasteiger partial charge in [0.1, 0.15) is 0 Å². The minimum atomic E-state index is -0.517. The Balaban J connectivity index is 1.43. The number of β-amino-alcohol motifs (C(OH)–C–C–N with tert-alkyl or cyclic N) is 1. The SMILES string of the molecule is O[C@@H](CN1CCOC(Cn2ccnn2)C1)c1cccc2ccccc12. The van der Waals surface area contributed by atoms with Crippen molar-refractivity contribution in [2.75, 3.05) is 26.2 Å². The van der Waals surface area contributed by atoms with Crippen LogP contribution in [0.3, 0.4) is 0 Å². The van der Waals surface area contributed by atoms with Crippen molar-refractivity contribution in [2.24, 2.45) is 0 Å². The minimum Gasteiger partial charge on any atom is -0.387 e. The maximum absolute atomic E-state index is 10.8. The van der Waals surface area contributed by atoms with Gasteiger partial charge < -0.3 is 9.84 Å². The highest BCUT2D eigenvalue weighted by Crippen LogP contribution is 2.25. The number of aliphatic hydroxyl groups excluding tert-OH is 1. The normalized spacial score (nSPS) is 20.0. The molecule has 1 N–H and O–H groups in total. The molecule has 1 fully saturated rings. The number of benzene rings is 2. The number of ether oxygens (including phenoxy) is 1. The number of hydrogen-bond donors (Lipinski definition) is 1. The molecule has 0 radical (unpaired) electrons. The van der Waals surface area contributed by atoms with Crippen molar-refractivity contribution in [3.63, 3.8) is 0 Å². The third-order valence-electron chi connectivity index (χ3n) is 4.70. The van der Waals surface area contributed by atoms with Crippen molar-refractivity contribution in [2.45, 2.75) is 18.8 Å². The molecule has 2 heterocycles. The van der Waals surface area contributed by atoms with Crippen molar-refractivity contribution >= 4 is 10.8 Å². The van der Waals surface area contributed by atoms with E-state index in [2.05, 4.69) is 33.4 Å². The third-order valence-corrected chi connectivity index (χ3v) is 4.70. The van der Waals surface area contributed by atoms with Crippen LogP contribution in [0.25, 0.3) is 10.8 Å². The molecule has 1 aliphatic rings. The van der Waals surface area contributed by atoms with Gasteiger partial charge in [-0.1, -0.05) is 47.7 Å². The molecule has 4 rings (SSSR count). The van der Waals surface area contributed by atoms with Crippen molar-refractivity contribution in [3.8, 4) is 0 Å². The molecule has 2 atom stereocenters. The van der Waals surface area contributed by atoms with Gasteiger partial charge in [-0.2, -0.15) is 0 Å². The predicted molar refractivity (Wildman–Crippen MR) is 95.1 cm³/mol. The first-order valence-corrected chi connectivity index (χ1v) is 8.63. The van der Waals surface area contributed by atoms with Gasteiger partial charge in [-0.3, -0.25) is 4.90 Å². The number of aliphatic hydroxyl groups is 1. The lowest BCUT2D eigenvalue weighted by Crippen LogP contribution is -2.45. The molecular weight excluding hydrogens is 316 g/mol. The smallest absolute Gasteiger partial charge is 0.0922 e. The fraction of sp³-hybridized carbons (Fsp3) is 0.368. The zero-order valence-electron chi connectivity index (χ0n) is 14.0. The minimum absolute atomic E-state index is 0.0650. The maximum Gasteiger partial charge on any atom is 0.0922 e. The number of aromatic nitrogens is 3. The molecule has 1 aliphatic heterocycles. The molecule has 130 valence electrons. The molecule has 25 heavy (non-hydrogen) atoms. The number of fused-ring (bicyclic) bond motifs is 1. The summed E-state index contributed by atoms with van der Waals surface area (Å²) >= 11 is 0. The molecule has 0 amide bonds. The average Bonchev–Trinajstić information content (AvgIpc) is 3.14. The van der Waals surface area contributed by atoms with Crippen LogP contribution >= 0.6 is 0 Å². The molecule has 3 aromatic rings. The number of morpholine rings is 1. The van der Waals surface area contributed by atoms with E-state index in [0.29, 0.717) is 19.7 Å². The fourth-order valence-corrected chi connectivity index (χ4v) is 3.48. The van der Waals surface area contributed by atoms with Gasteiger partial charge in [0.05, 0.1) is 31.6 Å². The second-order valence-corrected chi connectivity index (χ2v) is 6.46. The monoisotopic (exact) mass is 338 g/mol. The Hall–Kier alpha value is -2.28. The molecule has 0 bridgehead atoms. The largest absolute Gasteiger partial charge is 0.387 e. The topological polar surface area (TPSA) is 63.4 Å². The van der Waals surface area contributed by atoms with E-state index in [-0.39, 0.29) is 6.10 Å². The Bertz CT molecular complexity index is 816. The summed E-state index contributed by atoms with van der Waals surface area (Å²) < 4.78 is 7.61. The standard InChI is InChI=1S/C19H22N4O2/c24-19(18-7-3-5-15-4-1-2-6-17(15)18)14-22-10-11-25-16(12-22)13-23-9-8-20-21-23/h1-9,16,19,24H,10-14H2/t16?,19-/m0/s1. The molecular formula is C19H22N4O2. The van der Waals surface area contributed by atoms with Crippen LogP contribution in [0, 0.1) is 0 Å². The van der Waals surface area contributed by atoms with E-state index < -0.39 is 6.10 Å². The van der Waals surface area contributed by atoms with Gasteiger partial charge in [0, 0.05) is 25.8 Å². The van der Waals surface area contributed by atoms with E-state index in [1.165, 1.54) is 0 Å². The summed E-state index contributed by atoms with van der Waals surface area (Å²) in [7, 11) is 0. The van der Waals surface area contributed by atoms with E-state index in [0.717, 1.165) is 29.4 Å². The van der Waals surface area contributed by atoms with Crippen LogP contribution in [0.15, 0.2) is 54.9 Å². The summed E-state index contributed by atoms with van der Waals surface area (Å²) in [6, 6.07) is 14.3. The third kappa shape index (κ3) is 3.71. The van der Waals surface area contributed by atoms with Gasteiger partial charge in [0.15, 0.2) is 0 Å². The number of hydrogen-bond acceptors (Lipinski definition) is 5. The second-order valence-electron chi connectivity index (χ2n) is 6.46. The Morgan fingerprint density at radius 2 is 2.08 bits per heavy atom. The van der Waals surface area contributed by atoms with Gasteiger partial charge in [-0.15, -0.1) is 5.10 Å².